The van der Waals surface area contributed by atoms with E-state index in [0.717, 1.165) is 12.1 Å². The van der Waals surface area contributed by atoms with Crippen molar-refractivity contribution in [2.24, 2.45) is 11.8 Å². The minimum Gasteiger partial charge on any atom is -0.335 e. The van der Waals surface area contributed by atoms with E-state index in [1.807, 2.05) is 34.1 Å². The molecule has 3 amide bonds. The first kappa shape index (κ1) is 19.5. The van der Waals surface area contributed by atoms with E-state index in [4.69, 9.17) is 0 Å². The molecule has 2 fully saturated rings. The molecule has 2 aromatic rings. The van der Waals surface area contributed by atoms with Crippen LogP contribution in [0.5, 0.6) is 0 Å². The molecule has 5 nitrogen and oxygen atoms in total. The maximum atomic E-state index is 12.8. The fraction of sp³-hybridized carbons (Fsp3) is 0.417. The zero-order chi connectivity index (χ0) is 20.5. The second-order valence-corrected chi connectivity index (χ2v) is 8.45. The van der Waals surface area contributed by atoms with Gasteiger partial charge in [0.1, 0.15) is 0 Å². The standard InChI is InChI=1S/C24H29N3O2/c1-16-7-6-9-19(11-16)12-25-24(29)26-13-20-14-27(18(3)28)23(22(20)15-26)21-10-5-4-8-17(21)2/h4-11,20,22-23H,12-15H2,1-3H3,(H,25,29)/t20-,22-,23+/m1/s1. The molecule has 3 atom stereocenters. The van der Waals surface area contributed by atoms with Crippen LogP contribution in [0.15, 0.2) is 48.5 Å². The van der Waals surface area contributed by atoms with Crippen molar-refractivity contribution in [3.63, 3.8) is 0 Å². The fourth-order valence-corrected chi connectivity index (χ4v) is 4.96. The fourth-order valence-electron chi connectivity index (χ4n) is 4.96. The molecule has 4 rings (SSSR count). The number of aryl methyl sites for hydroxylation is 2. The molecular formula is C24H29N3O2. The van der Waals surface area contributed by atoms with Gasteiger partial charge in [0.15, 0.2) is 0 Å². The van der Waals surface area contributed by atoms with Crippen LogP contribution in [0.4, 0.5) is 4.79 Å². The Hall–Kier alpha value is -2.82. The number of hydrogen-bond donors (Lipinski definition) is 1. The molecule has 29 heavy (non-hydrogen) atoms. The van der Waals surface area contributed by atoms with Gasteiger partial charge in [-0.15, -0.1) is 0 Å². The lowest BCUT2D eigenvalue weighted by Gasteiger charge is -2.30. The summed E-state index contributed by atoms with van der Waals surface area (Å²) in [4.78, 5) is 29.0. The number of hydrogen-bond acceptors (Lipinski definition) is 2. The second-order valence-electron chi connectivity index (χ2n) is 8.45. The van der Waals surface area contributed by atoms with Crippen LogP contribution in [-0.2, 0) is 11.3 Å². The maximum absolute atomic E-state index is 12.8. The Morgan fingerprint density at radius 3 is 2.55 bits per heavy atom. The number of urea groups is 1. The van der Waals surface area contributed by atoms with Crippen LogP contribution in [0.25, 0.3) is 0 Å². The van der Waals surface area contributed by atoms with E-state index < -0.39 is 0 Å². The molecule has 0 saturated carbocycles. The molecule has 2 saturated heterocycles. The summed E-state index contributed by atoms with van der Waals surface area (Å²) in [7, 11) is 0. The highest BCUT2D eigenvalue weighted by atomic mass is 16.2. The Balaban J connectivity index is 1.47. The summed E-state index contributed by atoms with van der Waals surface area (Å²) in [5.41, 5.74) is 4.71. The van der Waals surface area contributed by atoms with Crippen molar-refractivity contribution < 1.29 is 9.59 Å². The predicted molar refractivity (Wildman–Crippen MR) is 113 cm³/mol. The average molecular weight is 392 g/mol. The van der Waals surface area contributed by atoms with Gasteiger partial charge in [0, 0.05) is 44.9 Å². The second kappa shape index (κ2) is 7.90. The zero-order valence-electron chi connectivity index (χ0n) is 17.4. The van der Waals surface area contributed by atoms with Crippen molar-refractivity contribution in [1.82, 2.24) is 15.1 Å². The van der Waals surface area contributed by atoms with E-state index >= 15 is 0 Å². The number of fused-ring (bicyclic) bond motifs is 1. The third-order valence-electron chi connectivity index (χ3n) is 6.39. The van der Waals surface area contributed by atoms with Crippen LogP contribution in [-0.4, -0.2) is 41.4 Å². The number of nitrogens with zero attached hydrogens (tertiary/aromatic N) is 2. The molecule has 2 aromatic carbocycles. The van der Waals surface area contributed by atoms with E-state index in [9.17, 15) is 9.59 Å². The highest BCUT2D eigenvalue weighted by Crippen LogP contribution is 2.45. The van der Waals surface area contributed by atoms with Gasteiger partial charge in [-0.3, -0.25) is 4.79 Å². The number of rotatable bonds is 3. The molecule has 0 bridgehead atoms. The Bertz CT molecular complexity index is 926. The SMILES string of the molecule is CC(=O)N1C[C@H]2CN(C(=O)NCc3cccc(C)c3)C[C@H]2[C@@H]1c1ccccc1C. The summed E-state index contributed by atoms with van der Waals surface area (Å²) < 4.78 is 0. The smallest absolute Gasteiger partial charge is 0.317 e. The molecule has 5 heteroatoms. The Kier molecular flexibility index (Phi) is 5.31. The van der Waals surface area contributed by atoms with Crippen molar-refractivity contribution in [3.05, 3.63) is 70.8 Å². The highest BCUT2D eigenvalue weighted by molar-refractivity contribution is 5.76. The minimum absolute atomic E-state index is 0.0150. The third kappa shape index (κ3) is 3.86. The van der Waals surface area contributed by atoms with Crippen LogP contribution in [0.2, 0.25) is 0 Å². The Labute approximate surface area is 172 Å². The molecule has 152 valence electrons. The van der Waals surface area contributed by atoms with E-state index in [1.165, 1.54) is 16.7 Å². The number of carbonyl (C=O) groups is 2. The van der Waals surface area contributed by atoms with Gasteiger partial charge < -0.3 is 15.1 Å². The minimum atomic E-state index is -0.0150. The van der Waals surface area contributed by atoms with Crippen molar-refractivity contribution in [3.8, 4) is 0 Å². The van der Waals surface area contributed by atoms with Gasteiger partial charge in [-0.1, -0.05) is 54.1 Å². The van der Waals surface area contributed by atoms with Crippen molar-refractivity contribution >= 4 is 11.9 Å². The van der Waals surface area contributed by atoms with E-state index in [0.29, 0.717) is 25.6 Å². The normalized spacial score (nSPS) is 23.2. The topological polar surface area (TPSA) is 52.7 Å². The van der Waals surface area contributed by atoms with Crippen LogP contribution < -0.4 is 5.32 Å². The van der Waals surface area contributed by atoms with Crippen LogP contribution in [0, 0.1) is 25.7 Å². The predicted octanol–water partition coefficient (Wildman–Crippen LogP) is 3.66. The Morgan fingerprint density at radius 1 is 1.03 bits per heavy atom. The van der Waals surface area contributed by atoms with Gasteiger partial charge in [0.05, 0.1) is 6.04 Å². The van der Waals surface area contributed by atoms with Gasteiger partial charge in [-0.2, -0.15) is 0 Å². The summed E-state index contributed by atoms with van der Waals surface area (Å²) in [5, 5.41) is 3.06. The third-order valence-corrected chi connectivity index (χ3v) is 6.39. The number of likely N-dealkylation sites (tertiary alicyclic amines) is 2. The first-order valence-electron chi connectivity index (χ1n) is 10.3. The molecule has 0 unspecified atom stereocenters. The molecule has 0 aliphatic carbocycles. The van der Waals surface area contributed by atoms with E-state index in [2.05, 4.69) is 43.4 Å². The first-order chi connectivity index (χ1) is 13.9. The van der Waals surface area contributed by atoms with Gasteiger partial charge >= 0.3 is 6.03 Å². The lowest BCUT2D eigenvalue weighted by Crippen LogP contribution is -2.41. The van der Waals surface area contributed by atoms with Crippen LogP contribution in [0.3, 0.4) is 0 Å². The Morgan fingerprint density at radius 2 is 1.83 bits per heavy atom. The molecular weight excluding hydrogens is 362 g/mol. The van der Waals surface area contributed by atoms with Gasteiger partial charge in [-0.05, 0) is 30.5 Å². The van der Waals surface area contributed by atoms with E-state index in [-0.39, 0.29) is 23.9 Å². The molecule has 2 heterocycles. The number of nitrogens with one attached hydrogen (secondary N) is 1. The number of amides is 3. The van der Waals surface area contributed by atoms with Gasteiger partial charge in [0.25, 0.3) is 0 Å². The van der Waals surface area contributed by atoms with Crippen molar-refractivity contribution in [2.75, 3.05) is 19.6 Å². The molecule has 1 N–H and O–H groups in total. The van der Waals surface area contributed by atoms with E-state index in [1.54, 1.807) is 6.92 Å². The highest BCUT2D eigenvalue weighted by Gasteiger charge is 2.49. The van der Waals surface area contributed by atoms with Crippen molar-refractivity contribution in [1.29, 1.82) is 0 Å². The molecule has 2 aliphatic rings. The quantitative estimate of drug-likeness (QED) is 0.868. The lowest BCUT2D eigenvalue weighted by molar-refractivity contribution is -0.130. The number of carbonyl (C=O) groups excluding carboxylic acids is 2. The van der Waals surface area contributed by atoms with Crippen molar-refractivity contribution in [2.45, 2.75) is 33.4 Å². The lowest BCUT2D eigenvalue weighted by atomic mass is 9.87. The molecule has 0 radical (unpaired) electrons. The maximum Gasteiger partial charge on any atom is 0.317 e. The zero-order valence-corrected chi connectivity index (χ0v) is 17.4. The molecule has 2 aliphatic heterocycles. The van der Waals surface area contributed by atoms with Crippen LogP contribution in [0.1, 0.15) is 35.2 Å². The molecule has 0 spiro atoms. The van der Waals surface area contributed by atoms with Gasteiger partial charge in [-0.25, -0.2) is 4.79 Å². The first-order valence-corrected chi connectivity index (χ1v) is 10.3. The number of benzene rings is 2. The summed E-state index contributed by atoms with van der Waals surface area (Å²) >= 11 is 0. The largest absolute Gasteiger partial charge is 0.335 e. The summed E-state index contributed by atoms with van der Waals surface area (Å²) in [5.74, 6) is 0.723. The summed E-state index contributed by atoms with van der Waals surface area (Å²) in [6, 6.07) is 16.5. The average Bonchev–Trinajstić information content (AvgIpc) is 3.25. The monoisotopic (exact) mass is 391 g/mol. The van der Waals surface area contributed by atoms with Crippen LogP contribution >= 0.6 is 0 Å². The summed E-state index contributed by atoms with van der Waals surface area (Å²) in [6.07, 6.45) is 0. The molecule has 0 aromatic heterocycles. The summed E-state index contributed by atoms with van der Waals surface area (Å²) in [6.45, 7) is 8.46. The van der Waals surface area contributed by atoms with Gasteiger partial charge in [0.2, 0.25) is 5.91 Å².